The number of benzene rings is 1. The minimum atomic E-state index is -0.276. The maximum Gasteiger partial charge on any atom is 0.0614 e. The first kappa shape index (κ1) is 10.4. The Bertz CT molecular complexity index is 354. The van der Waals surface area contributed by atoms with Crippen molar-refractivity contribution in [3.05, 3.63) is 47.5 Å². The summed E-state index contributed by atoms with van der Waals surface area (Å²) in [6.07, 6.45) is 6.65. The number of hydrogen-bond donors (Lipinski definition) is 1. The smallest absolute Gasteiger partial charge is 0.0614 e. The first-order chi connectivity index (χ1) is 7.29. The highest BCUT2D eigenvalue weighted by Crippen LogP contribution is 2.23. The number of aliphatic hydroxyl groups is 1. The maximum atomic E-state index is 9.68. The molecule has 0 heterocycles. The lowest BCUT2D eigenvalue weighted by molar-refractivity contribution is 0.178. The third kappa shape index (κ3) is 2.48. The lowest BCUT2D eigenvalue weighted by Crippen LogP contribution is -2.09. The van der Waals surface area contributed by atoms with E-state index in [1.54, 1.807) is 6.08 Å². The average Bonchev–Trinajstić information content (AvgIpc) is 2.65. The van der Waals surface area contributed by atoms with Crippen molar-refractivity contribution in [1.29, 1.82) is 0 Å². The first-order valence-electron chi connectivity index (χ1n) is 5.69. The van der Waals surface area contributed by atoms with Gasteiger partial charge in [-0.3, -0.25) is 0 Å². The number of aliphatic hydroxyl groups excluding tert-OH is 1. The van der Waals surface area contributed by atoms with E-state index in [4.69, 9.17) is 0 Å². The van der Waals surface area contributed by atoms with Gasteiger partial charge in [0.15, 0.2) is 0 Å². The first-order valence-corrected chi connectivity index (χ1v) is 5.69. The molecule has 0 spiro atoms. The highest BCUT2D eigenvalue weighted by molar-refractivity contribution is 5.35. The lowest BCUT2D eigenvalue weighted by atomic mass is 10.0. The molecule has 1 atom stereocenters. The Morgan fingerprint density at radius 1 is 1.33 bits per heavy atom. The van der Waals surface area contributed by atoms with Crippen molar-refractivity contribution in [3.8, 4) is 0 Å². The van der Waals surface area contributed by atoms with Crippen LogP contribution in [0.3, 0.4) is 0 Å². The van der Waals surface area contributed by atoms with Gasteiger partial charge in [0.05, 0.1) is 6.10 Å². The molecule has 2 rings (SSSR count). The Labute approximate surface area is 91.4 Å². The molecule has 1 aliphatic carbocycles. The van der Waals surface area contributed by atoms with Crippen molar-refractivity contribution >= 4 is 0 Å². The predicted molar refractivity (Wildman–Crippen MR) is 63.0 cm³/mol. The van der Waals surface area contributed by atoms with Crippen molar-refractivity contribution in [3.63, 3.8) is 0 Å². The highest BCUT2D eigenvalue weighted by Gasteiger charge is 2.11. The Hall–Kier alpha value is -1.08. The standard InChI is InChI=1S/C14H18O/c1-2-4-14(15)10-11-7-8-12-5-3-6-13(12)9-11/h2,7-9,14-15H,1,3-6,10H2. The summed E-state index contributed by atoms with van der Waals surface area (Å²) >= 11 is 0. The predicted octanol–water partition coefficient (Wildman–Crippen LogP) is 2.65. The molecule has 0 aromatic heterocycles. The van der Waals surface area contributed by atoms with Crippen LogP contribution in [-0.4, -0.2) is 11.2 Å². The van der Waals surface area contributed by atoms with Gasteiger partial charge in [-0.15, -0.1) is 6.58 Å². The third-order valence-electron chi connectivity index (χ3n) is 3.07. The monoisotopic (exact) mass is 202 g/mol. The van der Waals surface area contributed by atoms with Gasteiger partial charge in [0.1, 0.15) is 0 Å². The molecule has 1 aromatic carbocycles. The van der Waals surface area contributed by atoms with Crippen molar-refractivity contribution in [2.75, 3.05) is 0 Å². The van der Waals surface area contributed by atoms with Crippen LogP contribution in [0.4, 0.5) is 0 Å². The van der Waals surface area contributed by atoms with Crippen molar-refractivity contribution in [1.82, 2.24) is 0 Å². The van der Waals surface area contributed by atoms with Gasteiger partial charge in [-0.05, 0) is 48.8 Å². The van der Waals surface area contributed by atoms with Gasteiger partial charge in [0.25, 0.3) is 0 Å². The summed E-state index contributed by atoms with van der Waals surface area (Å²) in [5.41, 5.74) is 4.24. The Morgan fingerprint density at radius 3 is 2.93 bits per heavy atom. The van der Waals surface area contributed by atoms with Gasteiger partial charge >= 0.3 is 0 Å². The summed E-state index contributed by atoms with van der Waals surface area (Å²) in [4.78, 5) is 0. The van der Waals surface area contributed by atoms with Gasteiger partial charge in [-0.25, -0.2) is 0 Å². The van der Waals surface area contributed by atoms with Crippen LogP contribution in [0, 0.1) is 0 Å². The van der Waals surface area contributed by atoms with Crippen molar-refractivity contribution < 1.29 is 5.11 Å². The Balaban J connectivity index is 2.06. The van der Waals surface area contributed by atoms with Crippen LogP contribution < -0.4 is 0 Å². The molecule has 1 nitrogen and oxygen atoms in total. The Kier molecular flexibility index (Phi) is 3.22. The highest BCUT2D eigenvalue weighted by atomic mass is 16.3. The minimum absolute atomic E-state index is 0.276. The van der Waals surface area contributed by atoms with E-state index < -0.39 is 0 Å². The molecule has 1 unspecified atom stereocenters. The van der Waals surface area contributed by atoms with Crippen LogP contribution in [-0.2, 0) is 19.3 Å². The molecular formula is C14H18O. The van der Waals surface area contributed by atoms with E-state index in [0.717, 1.165) is 6.42 Å². The molecule has 15 heavy (non-hydrogen) atoms. The molecule has 0 bridgehead atoms. The molecule has 80 valence electrons. The molecular weight excluding hydrogens is 184 g/mol. The van der Waals surface area contributed by atoms with E-state index in [2.05, 4.69) is 24.8 Å². The van der Waals surface area contributed by atoms with Gasteiger partial charge in [0, 0.05) is 0 Å². The van der Waals surface area contributed by atoms with Crippen LogP contribution >= 0.6 is 0 Å². The van der Waals surface area contributed by atoms with Gasteiger partial charge in [-0.1, -0.05) is 24.3 Å². The quantitative estimate of drug-likeness (QED) is 0.744. The fraction of sp³-hybridized carbons (Fsp3) is 0.429. The maximum absolute atomic E-state index is 9.68. The zero-order chi connectivity index (χ0) is 10.7. The molecule has 1 aromatic rings. The summed E-state index contributed by atoms with van der Waals surface area (Å²) in [5, 5.41) is 9.68. The van der Waals surface area contributed by atoms with Crippen molar-refractivity contribution in [2.45, 2.75) is 38.2 Å². The molecule has 0 saturated carbocycles. The van der Waals surface area contributed by atoms with Crippen LogP contribution in [0.5, 0.6) is 0 Å². The van der Waals surface area contributed by atoms with E-state index in [9.17, 15) is 5.11 Å². The molecule has 0 radical (unpaired) electrons. The number of hydrogen-bond acceptors (Lipinski definition) is 1. The Morgan fingerprint density at radius 2 is 2.13 bits per heavy atom. The number of fused-ring (bicyclic) bond motifs is 1. The summed E-state index contributed by atoms with van der Waals surface area (Å²) in [7, 11) is 0. The SMILES string of the molecule is C=CCC(O)Cc1ccc2c(c1)CCC2. The van der Waals surface area contributed by atoms with E-state index in [-0.39, 0.29) is 6.10 Å². The summed E-state index contributed by atoms with van der Waals surface area (Å²) in [5.74, 6) is 0. The lowest BCUT2D eigenvalue weighted by Gasteiger charge is -2.09. The molecule has 0 aliphatic heterocycles. The fourth-order valence-corrected chi connectivity index (χ4v) is 2.30. The molecule has 0 saturated heterocycles. The second kappa shape index (κ2) is 4.63. The fourth-order valence-electron chi connectivity index (χ4n) is 2.30. The van der Waals surface area contributed by atoms with E-state index >= 15 is 0 Å². The molecule has 1 aliphatic rings. The van der Waals surface area contributed by atoms with Crippen LogP contribution in [0.2, 0.25) is 0 Å². The second-order valence-electron chi connectivity index (χ2n) is 4.34. The van der Waals surface area contributed by atoms with Crippen LogP contribution in [0.25, 0.3) is 0 Å². The zero-order valence-electron chi connectivity index (χ0n) is 9.08. The minimum Gasteiger partial charge on any atom is -0.392 e. The summed E-state index contributed by atoms with van der Waals surface area (Å²) in [6.45, 7) is 3.64. The molecule has 1 heteroatoms. The molecule has 0 amide bonds. The van der Waals surface area contributed by atoms with Gasteiger partial charge < -0.3 is 5.11 Å². The zero-order valence-corrected chi connectivity index (χ0v) is 9.08. The van der Waals surface area contributed by atoms with Gasteiger partial charge in [0.2, 0.25) is 0 Å². The molecule has 1 N–H and O–H groups in total. The molecule has 0 fully saturated rings. The number of aryl methyl sites for hydroxylation is 2. The third-order valence-corrected chi connectivity index (χ3v) is 3.07. The van der Waals surface area contributed by atoms with E-state index in [0.29, 0.717) is 6.42 Å². The normalized spacial score (nSPS) is 16.1. The topological polar surface area (TPSA) is 20.2 Å². The van der Waals surface area contributed by atoms with Crippen molar-refractivity contribution in [2.24, 2.45) is 0 Å². The van der Waals surface area contributed by atoms with Gasteiger partial charge in [-0.2, -0.15) is 0 Å². The summed E-state index contributed by atoms with van der Waals surface area (Å²) < 4.78 is 0. The second-order valence-corrected chi connectivity index (χ2v) is 4.34. The average molecular weight is 202 g/mol. The van der Waals surface area contributed by atoms with Crippen LogP contribution in [0.1, 0.15) is 29.5 Å². The largest absolute Gasteiger partial charge is 0.392 e. The number of rotatable bonds is 4. The van der Waals surface area contributed by atoms with Crippen LogP contribution in [0.15, 0.2) is 30.9 Å². The summed E-state index contributed by atoms with van der Waals surface area (Å²) in [6, 6.07) is 6.63. The van der Waals surface area contributed by atoms with E-state index in [1.165, 1.54) is 36.0 Å². The van der Waals surface area contributed by atoms with E-state index in [1.807, 2.05) is 0 Å².